The highest BCUT2D eigenvalue weighted by Gasteiger charge is 2.07. The zero-order valence-electron chi connectivity index (χ0n) is 9.02. The Hall–Kier alpha value is -1.25. The average molecular weight is 253 g/mol. The van der Waals surface area contributed by atoms with E-state index in [-0.39, 0.29) is 0 Å². The molecule has 1 rings (SSSR count). The molecule has 0 heterocycles. The van der Waals surface area contributed by atoms with Crippen LogP contribution in [0.4, 0.5) is 0 Å². The number of hydrogen-bond acceptors (Lipinski definition) is 5. The van der Waals surface area contributed by atoms with E-state index in [9.17, 15) is 0 Å². The maximum absolute atomic E-state index is 8.95. The van der Waals surface area contributed by atoms with Crippen molar-refractivity contribution >= 4 is 28.4 Å². The molecule has 84 valence electrons. The fraction of sp³-hybridized carbons (Fsp3) is 0.273. The van der Waals surface area contributed by atoms with E-state index in [1.807, 2.05) is 13.0 Å². The molecular formula is C11H11NO2S2. The molecule has 0 saturated heterocycles. The monoisotopic (exact) mass is 253 g/mol. The lowest BCUT2D eigenvalue weighted by atomic mass is 10.2. The summed E-state index contributed by atoms with van der Waals surface area (Å²) in [5.41, 5.74) is 0.415. The molecule has 0 aliphatic carbocycles. The van der Waals surface area contributed by atoms with Crippen molar-refractivity contribution in [3.63, 3.8) is 0 Å². The van der Waals surface area contributed by atoms with Crippen LogP contribution < -0.4 is 9.47 Å². The first kappa shape index (κ1) is 12.8. The van der Waals surface area contributed by atoms with E-state index in [4.69, 9.17) is 27.0 Å². The number of nitriles is 1. The molecule has 0 amide bonds. The van der Waals surface area contributed by atoms with Crippen LogP contribution >= 0.6 is 24.0 Å². The Morgan fingerprint density at radius 1 is 1.56 bits per heavy atom. The second-order valence-corrected chi connectivity index (χ2v) is 4.62. The van der Waals surface area contributed by atoms with Crippen LogP contribution in [-0.2, 0) is 0 Å². The predicted molar refractivity (Wildman–Crippen MR) is 69.1 cm³/mol. The van der Waals surface area contributed by atoms with Crippen molar-refractivity contribution in [2.24, 2.45) is 0 Å². The van der Waals surface area contributed by atoms with Gasteiger partial charge >= 0.3 is 0 Å². The summed E-state index contributed by atoms with van der Waals surface area (Å²) in [5, 5.41) is 8.95. The van der Waals surface area contributed by atoms with Gasteiger partial charge in [0.25, 0.3) is 0 Å². The first-order chi connectivity index (χ1) is 7.71. The van der Waals surface area contributed by atoms with Crippen LogP contribution in [0, 0.1) is 11.3 Å². The summed E-state index contributed by atoms with van der Waals surface area (Å²) in [4.78, 5) is 0. The fourth-order valence-electron chi connectivity index (χ4n) is 1.05. The number of ether oxygens (including phenoxy) is 2. The number of benzene rings is 1. The Morgan fingerprint density at radius 2 is 2.31 bits per heavy atom. The molecule has 0 N–H and O–H groups in total. The minimum Gasteiger partial charge on any atom is -0.497 e. The SMILES string of the molecule is CCSC(=S)Oc1ccc(OC)cc1C#N. The minimum absolute atomic E-state index is 0.415. The van der Waals surface area contributed by atoms with Gasteiger partial charge in [0.2, 0.25) is 4.38 Å². The maximum Gasteiger partial charge on any atom is 0.225 e. The van der Waals surface area contributed by atoms with Gasteiger partial charge in [-0.25, -0.2) is 0 Å². The molecule has 0 atom stereocenters. The molecule has 3 nitrogen and oxygen atoms in total. The van der Waals surface area contributed by atoms with E-state index in [0.717, 1.165) is 5.75 Å². The molecule has 0 saturated carbocycles. The predicted octanol–water partition coefficient (Wildman–Crippen LogP) is 2.98. The van der Waals surface area contributed by atoms with Crippen LogP contribution in [0.1, 0.15) is 12.5 Å². The number of methoxy groups -OCH3 is 1. The third-order valence-electron chi connectivity index (χ3n) is 1.76. The Labute approximate surface area is 104 Å². The lowest BCUT2D eigenvalue weighted by molar-refractivity contribution is 0.414. The normalized spacial score (nSPS) is 9.31. The van der Waals surface area contributed by atoms with E-state index in [1.165, 1.54) is 11.8 Å². The van der Waals surface area contributed by atoms with Gasteiger partial charge in [0, 0.05) is 6.07 Å². The third kappa shape index (κ3) is 3.40. The highest BCUT2D eigenvalue weighted by atomic mass is 32.2. The zero-order valence-corrected chi connectivity index (χ0v) is 10.7. The highest BCUT2D eigenvalue weighted by molar-refractivity contribution is 8.22. The molecule has 0 radical (unpaired) electrons. The van der Waals surface area contributed by atoms with Crippen LogP contribution in [0.5, 0.6) is 11.5 Å². The number of thiocarbonyl (C=S) groups is 1. The second kappa shape index (κ2) is 6.36. The molecule has 0 spiro atoms. The van der Waals surface area contributed by atoms with Crippen molar-refractivity contribution in [3.8, 4) is 17.6 Å². The molecule has 0 fully saturated rings. The summed E-state index contributed by atoms with van der Waals surface area (Å²) < 4.78 is 10.8. The largest absolute Gasteiger partial charge is 0.497 e. The van der Waals surface area contributed by atoms with Gasteiger partial charge in [0.1, 0.15) is 17.6 Å². The molecule has 0 aliphatic rings. The zero-order chi connectivity index (χ0) is 12.0. The van der Waals surface area contributed by atoms with Gasteiger partial charge in [-0.1, -0.05) is 18.7 Å². The average Bonchev–Trinajstić information content (AvgIpc) is 2.30. The van der Waals surface area contributed by atoms with E-state index in [2.05, 4.69) is 0 Å². The van der Waals surface area contributed by atoms with Gasteiger partial charge in [-0.3, -0.25) is 0 Å². The smallest absolute Gasteiger partial charge is 0.225 e. The lowest BCUT2D eigenvalue weighted by Crippen LogP contribution is -2.02. The topological polar surface area (TPSA) is 42.2 Å². The summed E-state index contributed by atoms with van der Waals surface area (Å²) in [5.74, 6) is 1.93. The number of thioether (sulfide) groups is 1. The van der Waals surface area contributed by atoms with Crippen LogP contribution in [0.3, 0.4) is 0 Å². The summed E-state index contributed by atoms with van der Waals surface area (Å²) in [6.07, 6.45) is 0. The lowest BCUT2D eigenvalue weighted by Gasteiger charge is -2.08. The van der Waals surface area contributed by atoms with E-state index in [0.29, 0.717) is 21.4 Å². The van der Waals surface area contributed by atoms with Crippen molar-refractivity contribution in [1.82, 2.24) is 0 Å². The van der Waals surface area contributed by atoms with E-state index in [1.54, 1.807) is 25.3 Å². The number of nitrogens with zero attached hydrogens (tertiary/aromatic N) is 1. The highest BCUT2D eigenvalue weighted by Crippen LogP contribution is 2.24. The van der Waals surface area contributed by atoms with Crippen LogP contribution in [0.15, 0.2) is 18.2 Å². The van der Waals surface area contributed by atoms with Crippen molar-refractivity contribution in [2.45, 2.75) is 6.92 Å². The Balaban J connectivity index is 2.88. The van der Waals surface area contributed by atoms with Gasteiger partial charge in [0.15, 0.2) is 0 Å². The Morgan fingerprint density at radius 3 is 2.88 bits per heavy atom. The molecule has 0 aliphatic heterocycles. The maximum atomic E-state index is 8.95. The Kier molecular flexibility index (Phi) is 5.09. The summed E-state index contributed by atoms with van der Waals surface area (Å²) in [6, 6.07) is 7.08. The van der Waals surface area contributed by atoms with Crippen LogP contribution in [0.25, 0.3) is 0 Å². The van der Waals surface area contributed by atoms with Crippen molar-refractivity contribution in [3.05, 3.63) is 23.8 Å². The summed E-state index contributed by atoms with van der Waals surface area (Å²) >= 11 is 6.43. The quantitative estimate of drug-likeness (QED) is 0.775. The molecular weight excluding hydrogens is 242 g/mol. The van der Waals surface area contributed by atoms with E-state index < -0.39 is 0 Å². The standard InChI is InChI=1S/C11H11NO2S2/c1-3-16-11(15)14-10-5-4-9(13-2)6-8(10)7-12/h4-6H,3H2,1-2H3. The first-order valence-corrected chi connectivity index (χ1v) is 6.03. The number of rotatable bonds is 3. The number of hydrogen-bond donors (Lipinski definition) is 0. The minimum atomic E-state index is 0.415. The molecule has 1 aromatic carbocycles. The summed E-state index contributed by atoms with van der Waals surface area (Å²) in [7, 11) is 1.55. The second-order valence-electron chi connectivity index (χ2n) is 2.76. The van der Waals surface area contributed by atoms with Crippen molar-refractivity contribution < 1.29 is 9.47 Å². The molecule has 0 aromatic heterocycles. The van der Waals surface area contributed by atoms with Crippen molar-refractivity contribution in [2.75, 3.05) is 12.9 Å². The Bertz CT molecular complexity index is 426. The van der Waals surface area contributed by atoms with Crippen LogP contribution in [-0.4, -0.2) is 17.2 Å². The van der Waals surface area contributed by atoms with Crippen molar-refractivity contribution in [1.29, 1.82) is 5.26 Å². The van der Waals surface area contributed by atoms with Gasteiger partial charge in [-0.15, -0.1) is 0 Å². The molecule has 1 aromatic rings. The molecule has 0 bridgehead atoms. The molecule has 16 heavy (non-hydrogen) atoms. The van der Waals surface area contributed by atoms with Gasteiger partial charge in [-0.2, -0.15) is 5.26 Å². The van der Waals surface area contributed by atoms with Crippen LogP contribution in [0.2, 0.25) is 0 Å². The third-order valence-corrected chi connectivity index (χ3v) is 2.81. The van der Waals surface area contributed by atoms with Gasteiger partial charge in [-0.05, 0) is 30.1 Å². The molecule has 5 heteroatoms. The van der Waals surface area contributed by atoms with E-state index >= 15 is 0 Å². The van der Waals surface area contributed by atoms with Gasteiger partial charge < -0.3 is 9.47 Å². The molecule has 0 unspecified atom stereocenters. The first-order valence-electron chi connectivity index (χ1n) is 4.64. The fourth-order valence-corrected chi connectivity index (χ4v) is 1.88. The summed E-state index contributed by atoms with van der Waals surface area (Å²) in [6.45, 7) is 1.99. The van der Waals surface area contributed by atoms with Gasteiger partial charge in [0.05, 0.1) is 12.7 Å².